The maximum atomic E-state index is 4.73. The molecule has 1 radical (unpaired) electrons. The zero-order valence-corrected chi connectivity index (χ0v) is 10.00. The lowest BCUT2D eigenvalue weighted by Crippen LogP contribution is -2.44. The molecule has 1 rings (SSSR count). The van der Waals surface area contributed by atoms with Crippen molar-refractivity contribution in [3.8, 4) is 0 Å². The van der Waals surface area contributed by atoms with Crippen LogP contribution in [0.4, 0.5) is 0 Å². The Kier molecular flexibility index (Phi) is 5.49. The first-order valence-corrected chi connectivity index (χ1v) is 6.21. The van der Waals surface area contributed by atoms with E-state index in [-0.39, 0.29) is 0 Å². The first kappa shape index (κ1) is 12.0. The fraction of sp³-hybridized carbons (Fsp3) is 1.00. The lowest BCUT2D eigenvalue weighted by atomic mass is 10.2. The monoisotopic (exact) mass is 197 g/mol. The van der Waals surface area contributed by atoms with Crippen molar-refractivity contribution < 1.29 is 0 Å². The van der Waals surface area contributed by atoms with Crippen LogP contribution in [-0.4, -0.2) is 23.6 Å². The van der Waals surface area contributed by atoms with Crippen LogP contribution in [0.2, 0.25) is 0 Å². The largest absolute Gasteiger partial charge is 0.221 e. The molecule has 0 saturated heterocycles. The summed E-state index contributed by atoms with van der Waals surface area (Å²) in [5.74, 6) is 0. The summed E-state index contributed by atoms with van der Waals surface area (Å²) < 4.78 is 0. The van der Waals surface area contributed by atoms with E-state index in [0.29, 0.717) is 6.04 Å². The second-order valence-electron chi connectivity index (χ2n) is 4.63. The van der Waals surface area contributed by atoms with E-state index in [1.165, 1.54) is 38.5 Å². The summed E-state index contributed by atoms with van der Waals surface area (Å²) in [4.78, 5) is 0. The molecule has 2 nitrogen and oxygen atoms in total. The van der Waals surface area contributed by atoms with Gasteiger partial charge in [-0.3, -0.25) is 0 Å². The van der Waals surface area contributed by atoms with Crippen molar-refractivity contribution in [3.63, 3.8) is 0 Å². The molecule has 0 atom stereocenters. The summed E-state index contributed by atoms with van der Waals surface area (Å²) in [6, 6.07) is 1.32. The Hall–Kier alpha value is -0.0800. The van der Waals surface area contributed by atoms with Crippen LogP contribution in [0, 0.1) is 0 Å². The Balaban J connectivity index is 2.30. The van der Waals surface area contributed by atoms with E-state index in [0.717, 1.165) is 12.6 Å². The molecule has 0 amide bonds. The zero-order chi connectivity index (χ0) is 10.4. The van der Waals surface area contributed by atoms with Crippen LogP contribution in [0.5, 0.6) is 0 Å². The highest BCUT2D eigenvalue weighted by molar-refractivity contribution is 4.77. The van der Waals surface area contributed by atoms with Gasteiger partial charge in [-0.25, -0.2) is 5.01 Å². The SMILES string of the molecule is CCCC[N]N(C(C)C)C1CCCC1. The van der Waals surface area contributed by atoms with E-state index in [4.69, 9.17) is 5.43 Å². The Morgan fingerprint density at radius 1 is 1.29 bits per heavy atom. The smallest absolute Gasteiger partial charge is 0.0306 e. The van der Waals surface area contributed by atoms with E-state index in [1.807, 2.05) is 0 Å². The van der Waals surface area contributed by atoms with Gasteiger partial charge in [0.25, 0.3) is 0 Å². The normalized spacial score (nSPS) is 18.6. The molecule has 1 aliphatic carbocycles. The average Bonchev–Trinajstić information content (AvgIpc) is 2.64. The third kappa shape index (κ3) is 3.58. The van der Waals surface area contributed by atoms with Gasteiger partial charge in [0.2, 0.25) is 0 Å². The molecule has 1 aliphatic rings. The predicted molar refractivity (Wildman–Crippen MR) is 61.1 cm³/mol. The van der Waals surface area contributed by atoms with Crippen LogP contribution in [-0.2, 0) is 0 Å². The van der Waals surface area contributed by atoms with Gasteiger partial charge in [-0.2, -0.15) is 5.43 Å². The summed E-state index contributed by atoms with van der Waals surface area (Å²) in [5.41, 5.74) is 4.73. The number of hydrogen-bond acceptors (Lipinski definition) is 1. The lowest BCUT2D eigenvalue weighted by molar-refractivity contribution is 0.0804. The summed E-state index contributed by atoms with van der Waals surface area (Å²) in [5, 5.41) is 2.36. The van der Waals surface area contributed by atoms with Gasteiger partial charge in [-0.1, -0.05) is 26.2 Å². The van der Waals surface area contributed by atoms with E-state index in [9.17, 15) is 0 Å². The molecule has 0 aromatic carbocycles. The van der Waals surface area contributed by atoms with Gasteiger partial charge in [0.05, 0.1) is 0 Å². The Morgan fingerprint density at radius 2 is 1.93 bits per heavy atom. The summed E-state index contributed by atoms with van der Waals surface area (Å²) in [6.45, 7) is 7.76. The molecule has 0 spiro atoms. The van der Waals surface area contributed by atoms with E-state index >= 15 is 0 Å². The minimum atomic E-state index is 0.579. The molecule has 0 aromatic rings. The first-order valence-electron chi connectivity index (χ1n) is 6.21. The highest BCUT2D eigenvalue weighted by atomic mass is 15.5. The summed E-state index contributed by atoms with van der Waals surface area (Å²) in [7, 11) is 0. The van der Waals surface area contributed by atoms with Crippen molar-refractivity contribution in [1.29, 1.82) is 0 Å². The third-order valence-electron chi connectivity index (χ3n) is 3.00. The molecule has 1 saturated carbocycles. The maximum Gasteiger partial charge on any atom is 0.0306 e. The van der Waals surface area contributed by atoms with Crippen LogP contribution < -0.4 is 5.43 Å². The summed E-state index contributed by atoms with van der Waals surface area (Å²) >= 11 is 0. The van der Waals surface area contributed by atoms with Crippen molar-refractivity contribution in [3.05, 3.63) is 0 Å². The van der Waals surface area contributed by atoms with Crippen LogP contribution in [0.1, 0.15) is 59.3 Å². The van der Waals surface area contributed by atoms with E-state index in [2.05, 4.69) is 25.8 Å². The van der Waals surface area contributed by atoms with Crippen molar-refractivity contribution in [2.75, 3.05) is 6.54 Å². The van der Waals surface area contributed by atoms with E-state index < -0.39 is 0 Å². The van der Waals surface area contributed by atoms with Crippen LogP contribution >= 0.6 is 0 Å². The summed E-state index contributed by atoms with van der Waals surface area (Å²) in [6.07, 6.45) is 7.99. The fourth-order valence-corrected chi connectivity index (χ4v) is 2.21. The molecule has 0 N–H and O–H groups in total. The van der Waals surface area contributed by atoms with Gasteiger partial charge in [-0.05, 0) is 33.1 Å². The molecule has 0 aliphatic heterocycles. The average molecular weight is 197 g/mol. The number of rotatable bonds is 6. The van der Waals surface area contributed by atoms with Crippen LogP contribution in [0.3, 0.4) is 0 Å². The molecule has 0 aromatic heterocycles. The molecule has 0 heterocycles. The Labute approximate surface area is 89.0 Å². The van der Waals surface area contributed by atoms with Gasteiger partial charge in [0, 0.05) is 18.6 Å². The number of unbranched alkanes of at least 4 members (excludes halogenated alkanes) is 1. The highest BCUT2D eigenvalue weighted by Gasteiger charge is 2.24. The maximum absolute atomic E-state index is 4.73. The molecule has 0 unspecified atom stereocenters. The molecule has 14 heavy (non-hydrogen) atoms. The van der Waals surface area contributed by atoms with Crippen molar-refractivity contribution >= 4 is 0 Å². The zero-order valence-electron chi connectivity index (χ0n) is 10.00. The molecular weight excluding hydrogens is 172 g/mol. The van der Waals surface area contributed by atoms with Crippen molar-refractivity contribution in [2.24, 2.45) is 0 Å². The molecule has 2 heteroatoms. The second-order valence-corrected chi connectivity index (χ2v) is 4.63. The van der Waals surface area contributed by atoms with Crippen LogP contribution in [0.25, 0.3) is 0 Å². The molecular formula is C12H25N2. The Morgan fingerprint density at radius 3 is 2.43 bits per heavy atom. The van der Waals surface area contributed by atoms with Gasteiger partial charge in [-0.15, -0.1) is 0 Å². The quantitative estimate of drug-likeness (QED) is 0.473. The van der Waals surface area contributed by atoms with Crippen molar-refractivity contribution in [1.82, 2.24) is 10.4 Å². The van der Waals surface area contributed by atoms with Gasteiger partial charge in [0.1, 0.15) is 0 Å². The van der Waals surface area contributed by atoms with Crippen molar-refractivity contribution in [2.45, 2.75) is 71.4 Å². The highest BCUT2D eigenvalue weighted by Crippen LogP contribution is 2.24. The predicted octanol–water partition coefficient (Wildman–Crippen LogP) is 2.96. The molecule has 0 bridgehead atoms. The van der Waals surface area contributed by atoms with Gasteiger partial charge >= 0.3 is 0 Å². The molecule has 83 valence electrons. The molecule has 1 fully saturated rings. The van der Waals surface area contributed by atoms with E-state index in [1.54, 1.807) is 0 Å². The number of nitrogens with zero attached hydrogens (tertiary/aromatic N) is 2. The second kappa shape index (κ2) is 6.41. The standard InChI is InChI=1S/C12H25N2/c1-4-5-10-13-14(11(2)3)12-8-6-7-9-12/h11-12H,4-10H2,1-3H3. The fourth-order valence-electron chi connectivity index (χ4n) is 2.21. The lowest BCUT2D eigenvalue weighted by Gasteiger charge is -2.31. The minimum absolute atomic E-state index is 0.579. The first-order chi connectivity index (χ1) is 6.75. The Bertz CT molecular complexity index is 139. The van der Waals surface area contributed by atoms with Gasteiger partial charge < -0.3 is 0 Å². The number of hydrogen-bond donors (Lipinski definition) is 0. The topological polar surface area (TPSA) is 17.3 Å². The minimum Gasteiger partial charge on any atom is -0.221 e. The van der Waals surface area contributed by atoms with Gasteiger partial charge in [0.15, 0.2) is 0 Å². The third-order valence-corrected chi connectivity index (χ3v) is 3.00. The van der Waals surface area contributed by atoms with Crippen LogP contribution in [0.15, 0.2) is 0 Å².